The van der Waals surface area contributed by atoms with Crippen LogP contribution in [0.4, 0.5) is 0 Å². The molecule has 2 heteroatoms. The van der Waals surface area contributed by atoms with Gasteiger partial charge in [-0.05, 0) is 88.9 Å². The molecule has 0 amide bonds. The Morgan fingerprint density at radius 3 is 1.60 bits per heavy atom. The van der Waals surface area contributed by atoms with E-state index >= 15 is 0 Å². The van der Waals surface area contributed by atoms with Gasteiger partial charge < -0.3 is 4.74 Å². The molecule has 0 unspecified atom stereocenters. The van der Waals surface area contributed by atoms with E-state index in [0.717, 1.165) is 5.75 Å². The van der Waals surface area contributed by atoms with Gasteiger partial charge in [0.25, 0.3) is 0 Å². The highest BCUT2D eigenvalue weighted by molar-refractivity contribution is 8.17. The average molecular weight is 349 g/mol. The number of hydrogen-bond donors (Lipinski definition) is 1. The fourth-order valence-electron chi connectivity index (χ4n) is 3.47. The molecule has 25 heavy (non-hydrogen) atoms. The number of benzene rings is 3. The van der Waals surface area contributed by atoms with Crippen molar-refractivity contribution < 1.29 is 4.74 Å². The number of thiol groups is 1. The Balaban J connectivity index is 1.63. The quantitative estimate of drug-likeness (QED) is 0.519. The third-order valence-electron chi connectivity index (χ3n) is 4.73. The van der Waals surface area contributed by atoms with E-state index in [1.807, 2.05) is 0 Å². The van der Waals surface area contributed by atoms with Gasteiger partial charge >= 0.3 is 0 Å². The Kier molecular flexibility index (Phi) is 5.08. The molecule has 128 valence electrons. The predicted octanol–water partition coefficient (Wildman–Crippen LogP) is 6.49. The predicted molar refractivity (Wildman–Crippen MR) is 106 cm³/mol. The molecule has 0 N–H and O–H groups in total. The second kappa shape index (κ2) is 7.79. The van der Waals surface area contributed by atoms with E-state index in [1.54, 1.807) is 0 Å². The zero-order valence-corrected chi connectivity index (χ0v) is 15.2. The number of rotatable bonds is 5. The molecule has 4 rings (SSSR count). The topological polar surface area (TPSA) is 9.23 Å². The standard InChI is InChI=1S/C23H24OS/c1-3-11-21(12-4-1)25(22-13-5-2-6-14-22)23-17-15-20(16-18-23)24-19-9-7-8-10-19/h1-6,11-19,25H,7-10H2. The molecule has 1 aliphatic carbocycles. The van der Waals surface area contributed by atoms with Crippen LogP contribution in [0.1, 0.15) is 25.7 Å². The Bertz CT molecular complexity index is 738. The van der Waals surface area contributed by atoms with E-state index < -0.39 is 10.9 Å². The zero-order valence-electron chi connectivity index (χ0n) is 14.3. The van der Waals surface area contributed by atoms with Crippen molar-refractivity contribution in [1.82, 2.24) is 0 Å². The largest absolute Gasteiger partial charge is 0.490 e. The van der Waals surface area contributed by atoms with Gasteiger partial charge in [0.05, 0.1) is 6.10 Å². The van der Waals surface area contributed by atoms with E-state index in [9.17, 15) is 0 Å². The van der Waals surface area contributed by atoms with Crippen LogP contribution in [0.3, 0.4) is 0 Å². The van der Waals surface area contributed by atoms with Crippen molar-refractivity contribution in [2.24, 2.45) is 0 Å². The molecule has 3 aromatic carbocycles. The first-order valence-electron chi connectivity index (χ1n) is 9.07. The highest BCUT2D eigenvalue weighted by Gasteiger charge is 2.17. The molecule has 1 aliphatic rings. The van der Waals surface area contributed by atoms with Crippen LogP contribution in [0.5, 0.6) is 5.75 Å². The maximum atomic E-state index is 6.13. The highest BCUT2D eigenvalue weighted by atomic mass is 32.2. The van der Waals surface area contributed by atoms with Gasteiger partial charge in [-0.1, -0.05) is 36.4 Å². The lowest BCUT2D eigenvalue weighted by Crippen LogP contribution is -2.10. The smallest absolute Gasteiger partial charge is 0.119 e. The monoisotopic (exact) mass is 348 g/mol. The lowest BCUT2D eigenvalue weighted by atomic mass is 10.3. The summed E-state index contributed by atoms with van der Waals surface area (Å²) in [6.07, 6.45) is 5.41. The highest BCUT2D eigenvalue weighted by Crippen LogP contribution is 2.51. The average Bonchev–Trinajstić information content (AvgIpc) is 3.18. The van der Waals surface area contributed by atoms with Crippen molar-refractivity contribution in [1.29, 1.82) is 0 Å². The summed E-state index contributed by atoms with van der Waals surface area (Å²) in [5.41, 5.74) is 0. The van der Waals surface area contributed by atoms with E-state index in [2.05, 4.69) is 84.9 Å². The lowest BCUT2D eigenvalue weighted by Gasteiger charge is -2.23. The minimum absolute atomic E-state index is 0.413. The summed E-state index contributed by atoms with van der Waals surface area (Å²) in [4.78, 5) is 4.13. The molecule has 3 aromatic rings. The summed E-state index contributed by atoms with van der Waals surface area (Å²) in [6, 6.07) is 30.4. The Morgan fingerprint density at radius 1 is 0.600 bits per heavy atom. The van der Waals surface area contributed by atoms with Crippen LogP contribution < -0.4 is 4.74 Å². The zero-order chi connectivity index (χ0) is 16.9. The van der Waals surface area contributed by atoms with Crippen molar-refractivity contribution >= 4 is 10.9 Å². The summed E-state index contributed by atoms with van der Waals surface area (Å²) in [5, 5.41) is 0. The Hall–Kier alpha value is -2.19. The third kappa shape index (κ3) is 3.91. The van der Waals surface area contributed by atoms with Crippen LogP contribution in [0.15, 0.2) is 99.6 Å². The van der Waals surface area contributed by atoms with Crippen LogP contribution in [0.25, 0.3) is 0 Å². The molecule has 0 radical (unpaired) electrons. The Labute approximate surface area is 153 Å². The van der Waals surface area contributed by atoms with Gasteiger partial charge in [0, 0.05) is 0 Å². The second-order valence-electron chi connectivity index (χ2n) is 6.52. The molecule has 0 aromatic heterocycles. The van der Waals surface area contributed by atoms with Gasteiger partial charge in [-0.2, -0.15) is 10.9 Å². The first-order valence-corrected chi connectivity index (χ1v) is 10.4. The van der Waals surface area contributed by atoms with Gasteiger partial charge in [0.15, 0.2) is 0 Å². The normalized spacial score (nSPS) is 15.1. The van der Waals surface area contributed by atoms with Gasteiger partial charge in [-0.15, -0.1) is 0 Å². The minimum Gasteiger partial charge on any atom is -0.490 e. The van der Waals surface area contributed by atoms with Crippen molar-refractivity contribution in [3.05, 3.63) is 84.9 Å². The molecule has 1 fully saturated rings. The van der Waals surface area contributed by atoms with Crippen LogP contribution in [0, 0.1) is 0 Å². The first kappa shape index (κ1) is 16.3. The van der Waals surface area contributed by atoms with Gasteiger partial charge in [-0.3, -0.25) is 0 Å². The third-order valence-corrected chi connectivity index (χ3v) is 7.17. The van der Waals surface area contributed by atoms with Crippen molar-refractivity contribution in [2.45, 2.75) is 46.5 Å². The minimum atomic E-state index is -0.529. The molecule has 0 bridgehead atoms. The molecular formula is C23H24OS. The number of ether oxygens (including phenoxy) is 1. The van der Waals surface area contributed by atoms with Crippen molar-refractivity contribution in [3.8, 4) is 5.75 Å². The van der Waals surface area contributed by atoms with Crippen LogP contribution in [-0.2, 0) is 0 Å². The second-order valence-corrected chi connectivity index (χ2v) is 8.74. The van der Waals surface area contributed by atoms with Crippen LogP contribution in [0.2, 0.25) is 0 Å². The molecule has 0 atom stereocenters. The molecular weight excluding hydrogens is 324 g/mol. The fourth-order valence-corrected chi connectivity index (χ4v) is 5.76. The molecule has 0 aliphatic heterocycles. The molecule has 0 saturated heterocycles. The Morgan fingerprint density at radius 2 is 1.08 bits per heavy atom. The van der Waals surface area contributed by atoms with Gasteiger partial charge in [0.1, 0.15) is 5.75 Å². The maximum absolute atomic E-state index is 6.13. The van der Waals surface area contributed by atoms with Gasteiger partial charge in [0.2, 0.25) is 0 Å². The van der Waals surface area contributed by atoms with Crippen molar-refractivity contribution in [3.63, 3.8) is 0 Å². The molecule has 1 saturated carbocycles. The maximum Gasteiger partial charge on any atom is 0.119 e. The van der Waals surface area contributed by atoms with E-state index in [1.165, 1.54) is 40.4 Å². The molecule has 1 nitrogen and oxygen atoms in total. The summed E-state index contributed by atoms with van der Waals surface area (Å²) in [5.74, 6) is 1.01. The molecule has 0 heterocycles. The SMILES string of the molecule is c1ccc([SH](c2ccccc2)c2ccc(OC3CCCC3)cc2)cc1. The van der Waals surface area contributed by atoms with Gasteiger partial charge in [-0.25, -0.2) is 0 Å². The van der Waals surface area contributed by atoms with E-state index in [0.29, 0.717) is 6.10 Å². The summed E-state index contributed by atoms with van der Waals surface area (Å²) in [7, 11) is -0.529. The number of hydrogen-bond acceptors (Lipinski definition) is 1. The molecule has 0 spiro atoms. The summed E-state index contributed by atoms with van der Waals surface area (Å²) < 4.78 is 6.13. The van der Waals surface area contributed by atoms with E-state index in [-0.39, 0.29) is 0 Å². The summed E-state index contributed by atoms with van der Waals surface area (Å²) >= 11 is 0. The van der Waals surface area contributed by atoms with Crippen LogP contribution >= 0.6 is 10.9 Å². The van der Waals surface area contributed by atoms with Crippen LogP contribution in [-0.4, -0.2) is 6.10 Å². The summed E-state index contributed by atoms with van der Waals surface area (Å²) in [6.45, 7) is 0. The fraction of sp³-hybridized carbons (Fsp3) is 0.217. The lowest BCUT2D eigenvalue weighted by molar-refractivity contribution is 0.210. The van der Waals surface area contributed by atoms with Crippen molar-refractivity contribution in [2.75, 3.05) is 0 Å². The van der Waals surface area contributed by atoms with E-state index in [4.69, 9.17) is 4.74 Å². The first-order chi connectivity index (χ1) is 12.4.